The number of anilines is 1. The Morgan fingerprint density at radius 3 is 3.00 bits per heavy atom. The molecule has 1 aromatic heterocycles. The molecule has 2 rings (SSSR count). The number of hydrogen-bond donors (Lipinski definition) is 0. The first-order valence-corrected chi connectivity index (χ1v) is 6.22. The summed E-state index contributed by atoms with van der Waals surface area (Å²) >= 11 is 5.66. The number of aromatic nitrogens is 1. The molecule has 1 atom stereocenters. The van der Waals surface area contributed by atoms with Gasteiger partial charge in [0.05, 0.1) is 9.26 Å². The van der Waals surface area contributed by atoms with Crippen LogP contribution in [0.1, 0.15) is 6.42 Å². The number of rotatable bonds is 1. The largest absolute Gasteiger partial charge is 0.310 e. The highest BCUT2D eigenvalue weighted by Crippen LogP contribution is 2.28. The van der Waals surface area contributed by atoms with Crippen molar-refractivity contribution in [2.75, 3.05) is 11.4 Å². The summed E-state index contributed by atoms with van der Waals surface area (Å²) in [5.41, 5.74) is 0.965. The molecule has 0 saturated carbocycles. The van der Waals surface area contributed by atoms with Crippen LogP contribution in [0.25, 0.3) is 0 Å². The maximum absolute atomic E-state index is 11.6. The average Bonchev–Trinajstić information content (AvgIpc) is 2.46. The van der Waals surface area contributed by atoms with Gasteiger partial charge in [0.2, 0.25) is 5.91 Å². The number of alkyl halides is 1. The lowest BCUT2D eigenvalue weighted by Gasteiger charge is -2.16. The molecule has 0 aliphatic carbocycles. The van der Waals surface area contributed by atoms with Crippen LogP contribution in [0.4, 0.5) is 5.69 Å². The van der Waals surface area contributed by atoms with Crippen LogP contribution in [0.2, 0.25) is 0 Å². The lowest BCUT2D eigenvalue weighted by Crippen LogP contribution is -2.25. The monoisotopic (exact) mass is 366 g/mol. The summed E-state index contributed by atoms with van der Waals surface area (Å²) in [6, 6.07) is 1.88. The van der Waals surface area contributed by atoms with E-state index in [4.69, 9.17) is 0 Å². The van der Waals surface area contributed by atoms with E-state index in [2.05, 4.69) is 43.5 Å². The van der Waals surface area contributed by atoms with Crippen molar-refractivity contribution in [3.8, 4) is 0 Å². The molecule has 0 spiro atoms. The number of nitrogens with zero attached hydrogens (tertiary/aromatic N) is 2. The molecule has 0 N–H and O–H groups in total. The smallest absolute Gasteiger partial charge is 0.228 e. The zero-order chi connectivity index (χ0) is 10.1. The van der Waals surface area contributed by atoms with Crippen molar-refractivity contribution >= 4 is 50.1 Å². The lowest BCUT2D eigenvalue weighted by molar-refractivity contribution is -0.117. The van der Waals surface area contributed by atoms with Gasteiger partial charge < -0.3 is 4.90 Å². The molecule has 1 aliphatic rings. The molecule has 1 saturated heterocycles. The van der Waals surface area contributed by atoms with Crippen molar-refractivity contribution in [3.05, 3.63) is 22.0 Å². The number of pyridine rings is 1. The number of carbonyl (C=O) groups is 1. The van der Waals surface area contributed by atoms with E-state index in [1.165, 1.54) is 0 Å². The fourth-order valence-electron chi connectivity index (χ4n) is 1.48. The first-order chi connectivity index (χ1) is 6.68. The molecule has 3 nitrogen and oxygen atoms in total. The minimum Gasteiger partial charge on any atom is -0.310 e. The zero-order valence-corrected chi connectivity index (χ0v) is 11.0. The van der Waals surface area contributed by atoms with Gasteiger partial charge in [0.1, 0.15) is 0 Å². The van der Waals surface area contributed by atoms with E-state index in [0.29, 0.717) is 6.42 Å². The van der Waals surface area contributed by atoms with Gasteiger partial charge in [0, 0.05) is 30.2 Å². The van der Waals surface area contributed by atoms with E-state index in [9.17, 15) is 4.79 Å². The molecule has 5 heteroatoms. The highest BCUT2D eigenvalue weighted by atomic mass is 127. The Morgan fingerprint density at radius 2 is 2.43 bits per heavy atom. The van der Waals surface area contributed by atoms with Crippen LogP contribution in [-0.2, 0) is 4.79 Å². The van der Waals surface area contributed by atoms with Gasteiger partial charge in [0.25, 0.3) is 0 Å². The zero-order valence-electron chi connectivity index (χ0n) is 7.28. The van der Waals surface area contributed by atoms with E-state index >= 15 is 0 Å². The van der Waals surface area contributed by atoms with Crippen LogP contribution in [0.15, 0.2) is 18.5 Å². The Hall–Kier alpha value is -0.170. The number of amides is 1. The molecule has 0 aromatic carbocycles. The van der Waals surface area contributed by atoms with Crippen molar-refractivity contribution in [1.82, 2.24) is 4.98 Å². The molecule has 0 bridgehead atoms. The summed E-state index contributed by atoms with van der Waals surface area (Å²) in [7, 11) is 0. The Morgan fingerprint density at radius 1 is 1.64 bits per heavy atom. The number of halogens is 2. The van der Waals surface area contributed by atoms with Gasteiger partial charge in [-0.1, -0.05) is 15.9 Å². The van der Waals surface area contributed by atoms with Gasteiger partial charge in [-0.2, -0.15) is 0 Å². The minimum atomic E-state index is 0.177. The van der Waals surface area contributed by atoms with Crippen LogP contribution in [0.5, 0.6) is 0 Å². The summed E-state index contributed by atoms with van der Waals surface area (Å²) in [4.78, 5) is 17.7. The van der Waals surface area contributed by atoms with Crippen molar-refractivity contribution in [3.63, 3.8) is 0 Å². The molecule has 1 fully saturated rings. The van der Waals surface area contributed by atoms with Gasteiger partial charge >= 0.3 is 0 Å². The standard InChI is InChI=1S/C9H8BrIN2O/c10-6-3-9(14)13(5-6)8-1-2-12-4-7(8)11/h1-2,4,6H,3,5H2. The van der Waals surface area contributed by atoms with E-state index < -0.39 is 0 Å². The fraction of sp³-hybridized carbons (Fsp3) is 0.333. The molecule has 0 radical (unpaired) electrons. The molecule has 2 heterocycles. The van der Waals surface area contributed by atoms with Crippen molar-refractivity contribution < 1.29 is 4.79 Å². The van der Waals surface area contributed by atoms with Crippen molar-refractivity contribution in [2.24, 2.45) is 0 Å². The third kappa shape index (κ3) is 1.93. The summed E-state index contributed by atoms with van der Waals surface area (Å²) in [5, 5.41) is 0. The third-order valence-electron chi connectivity index (χ3n) is 2.12. The SMILES string of the molecule is O=C1CC(Br)CN1c1ccncc1I. The van der Waals surface area contributed by atoms with Crippen molar-refractivity contribution in [1.29, 1.82) is 0 Å². The Kier molecular flexibility index (Phi) is 3.06. The third-order valence-corrected chi connectivity index (χ3v) is 3.56. The van der Waals surface area contributed by atoms with Gasteiger partial charge in [0.15, 0.2) is 0 Å². The molecule has 74 valence electrons. The first-order valence-electron chi connectivity index (χ1n) is 4.22. The topological polar surface area (TPSA) is 33.2 Å². The molecule has 1 amide bonds. The Bertz CT molecular complexity index is 372. The maximum Gasteiger partial charge on any atom is 0.228 e. The van der Waals surface area contributed by atoms with Crippen LogP contribution < -0.4 is 4.90 Å². The van der Waals surface area contributed by atoms with E-state index in [1.807, 2.05) is 11.0 Å². The van der Waals surface area contributed by atoms with Crippen LogP contribution in [0.3, 0.4) is 0 Å². The van der Waals surface area contributed by atoms with E-state index in [-0.39, 0.29) is 10.7 Å². The molecule has 14 heavy (non-hydrogen) atoms. The van der Waals surface area contributed by atoms with Crippen molar-refractivity contribution in [2.45, 2.75) is 11.2 Å². The summed E-state index contributed by atoms with van der Waals surface area (Å²) < 4.78 is 1.01. The second-order valence-corrected chi connectivity index (χ2v) is 5.59. The minimum absolute atomic E-state index is 0.177. The Balaban J connectivity index is 2.32. The van der Waals surface area contributed by atoms with Gasteiger partial charge in [-0.15, -0.1) is 0 Å². The van der Waals surface area contributed by atoms with E-state index in [1.54, 1.807) is 12.4 Å². The molecule has 1 aromatic rings. The molecular weight excluding hydrogens is 359 g/mol. The highest BCUT2D eigenvalue weighted by molar-refractivity contribution is 14.1. The second-order valence-electron chi connectivity index (χ2n) is 3.13. The Labute approximate surface area is 104 Å². The summed E-state index contributed by atoms with van der Waals surface area (Å²) in [5.74, 6) is 0.177. The molecule has 1 unspecified atom stereocenters. The predicted octanol–water partition coefficient (Wildman–Crippen LogP) is 2.19. The van der Waals surface area contributed by atoms with Gasteiger partial charge in [-0.3, -0.25) is 9.78 Å². The van der Waals surface area contributed by atoms with Crippen LogP contribution in [-0.4, -0.2) is 22.3 Å². The quantitative estimate of drug-likeness (QED) is 0.564. The average molecular weight is 367 g/mol. The van der Waals surface area contributed by atoms with E-state index in [0.717, 1.165) is 15.8 Å². The van der Waals surface area contributed by atoms with Gasteiger partial charge in [-0.05, 0) is 28.7 Å². The number of carbonyl (C=O) groups excluding carboxylic acids is 1. The van der Waals surface area contributed by atoms with Crippen LogP contribution in [0, 0.1) is 3.57 Å². The first kappa shape index (κ1) is 10.4. The normalized spacial score (nSPS) is 21.7. The second kappa shape index (κ2) is 4.14. The number of hydrogen-bond acceptors (Lipinski definition) is 2. The molecular formula is C9H8BrIN2O. The fourth-order valence-corrected chi connectivity index (χ4v) is 2.68. The highest BCUT2D eigenvalue weighted by Gasteiger charge is 2.29. The van der Waals surface area contributed by atoms with Gasteiger partial charge in [-0.25, -0.2) is 0 Å². The van der Waals surface area contributed by atoms with Crippen LogP contribution >= 0.6 is 38.5 Å². The summed E-state index contributed by atoms with van der Waals surface area (Å²) in [6.45, 7) is 0.749. The molecule has 1 aliphatic heterocycles. The maximum atomic E-state index is 11.6. The lowest BCUT2D eigenvalue weighted by atomic mass is 10.4. The predicted molar refractivity (Wildman–Crippen MR) is 66.6 cm³/mol. The summed E-state index contributed by atoms with van der Waals surface area (Å²) in [6.07, 6.45) is 4.06.